The molecule has 1 N–H and O–H groups in total. The van der Waals surface area contributed by atoms with Crippen LogP contribution in [0.1, 0.15) is 19.8 Å². The van der Waals surface area contributed by atoms with Gasteiger partial charge in [0.25, 0.3) is 5.91 Å². The normalized spacial score (nSPS) is 17.3. The number of hydrogen-bond donors (Lipinski definition) is 1. The van der Waals surface area contributed by atoms with E-state index < -0.39 is 22.1 Å². The number of nitrogens with zero attached hydrogens (tertiary/aromatic N) is 1. The van der Waals surface area contributed by atoms with Gasteiger partial charge in [0.15, 0.2) is 17.6 Å². The predicted molar refractivity (Wildman–Crippen MR) is 105 cm³/mol. The van der Waals surface area contributed by atoms with Crippen molar-refractivity contribution in [1.29, 1.82) is 0 Å². The van der Waals surface area contributed by atoms with Crippen molar-refractivity contribution in [2.24, 2.45) is 0 Å². The molecule has 11 heteroatoms. The summed E-state index contributed by atoms with van der Waals surface area (Å²) in [6.07, 6.45) is -0.657. The molecule has 10 nitrogen and oxygen atoms in total. The standard InChI is InChI=1S/C19H26N2O8S/c1-14(19(23)21-7-9-26-10-8-21)29-18(22)3-2-6-20-30(24,25)15-4-5-16-17(13-15)28-12-11-27-16/h4-5,13-14,20H,2-3,6-12H2,1H3. The van der Waals surface area contributed by atoms with Crippen LogP contribution >= 0.6 is 0 Å². The second kappa shape index (κ2) is 10.1. The van der Waals surface area contributed by atoms with Gasteiger partial charge in [0.2, 0.25) is 10.0 Å². The molecule has 0 spiro atoms. The minimum atomic E-state index is -3.75. The zero-order valence-electron chi connectivity index (χ0n) is 16.8. The van der Waals surface area contributed by atoms with E-state index in [9.17, 15) is 18.0 Å². The predicted octanol–water partition coefficient (Wildman–Crippen LogP) is 0.307. The third-order valence-electron chi connectivity index (χ3n) is 4.65. The fourth-order valence-electron chi connectivity index (χ4n) is 3.06. The van der Waals surface area contributed by atoms with Crippen LogP contribution in [0, 0.1) is 0 Å². The van der Waals surface area contributed by atoms with Crippen molar-refractivity contribution in [3.8, 4) is 11.5 Å². The second-order valence-corrected chi connectivity index (χ2v) is 8.64. The maximum absolute atomic E-state index is 12.4. The van der Waals surface area contributed by atoms with Gasteiger partial charge in [-0.3, -0.25) is 9.59 Å². The fraction of sp³-hybridized carbons (Fsp3) is 0.579. The van der Waals surface area contributed by atoms with E-state index in [2.05, 4.69) is 4.72 Å². The van der Waals surface area contributed by atoms with Crippen molar-refractivity contribution in [3.63, 3.8) is 0 Å². The SMILES string of the molecule is CC(OC(=O)CCCNS(=O)(=O)c1ccc2c(c1)OCCO2)C(=O)N1CCOCC1. The Morgan fingerprint density at radius 1 is 1.13 bits per heavy atom. The zero-order valence-corrected chi connectivity index (χ0v) is 17.6. The van der Waals surface area contributed by atoms with Crippen molar-refractivity contribution in [2.75, 3.05) is 46.1 Å². The fourth-order valence-corrected chi connectivity index (χ4v) is 4.15. The Balaban J connectivity index is 1.41. The molecule has 2 aliphatic heterocycles. The van der Waals surface area contributed by atoms with Gasteiger partial charge in [-0.2, -0.15) is 0 Å². The van der Waals surface area contributed by atoms with E-state index in [0.717, 1.165) is 0 Å². The number of morpholine rings is 1. The van der Waals surface area contributed by atoms with Crippen molar-refractivity contribution in [2.45, 2.75) is 30.8 Å². The lowest BCUT2D eigenvalue weighted by molar-refractivity contribution is -0.160. The minimum Gasteiger partial charge on any atom is -0.486 e. The largest absolute Gasteiger partial charge is 0.486 e. The molecule has 1 unspecified atom stereocenters. The summed E-state index contributed by atoms with van der Waals surface area (Å²) >= 11 is 0. The summed E-state index contributed by atoms with van der Waals surface area (Å²) in [6.45, 7) is 4.25. The monoisotopic (exact) mass is 442 g/mol. The summed E-state index contributed by atoms with van der Waals surface area (Å²) in [4.78, 5) is 25.9. The molecule has 0 bridgehead atoms. The van der Waals surface area contributed by atoms with Crippen LogP contribution in [-0.2, 0) is 29.1 Å². The maximum atomic E-state index is 12.4. The molecule has 0 radical (unpaired) electrons. The molecule has 1 amide bonds. The number of carbonyl (C=O) groups excluding carboxylic acids is 2. The number of hydrogen-bond acceptors (Lipinski definition) is 8. The van der Waals surface area contributed by atoms with Crippen molar-refractivity contribution >= 4 is 21.9 Å². The Hall–Kier alpha value is -2.37. The third kappa shape index (κ3) is 5.83. The Kier molecular flexibility index (Phi) is 7.51. The van der Waals surface area contributed by atoms with Crippen LogP contribution in [0.25, 0.3) is 0 Å². The lowest BCUT2D eigenvalue weighted by Crippen LogP contribution is -2.46. The number of esters is 1. The van der Waals surface area contributed by atoms with Crippen molar-refractivity contribution < 1.29 is 37.0 Å². The molecular formula is C19H26N2O8S. The summed E-state index contributed by atoms with van der Waals surface area (Å²) in [7, 11) is -3.75. The summed E-state index contributed by atoms with van der Waals surface area (Å²) in [5.41, 5.74) is 0. The van der Waals surface area contributed by atoms with Crippen LogP contribution < -0.4 is 14.2 Å². The van der Waals surface area contributed by atoms with Gasteiger partial charge in [-0.1, -0.05) is 0 Å². The summed E-state index contributed by atoms with van der Waals surface area (Å²) in [6, 6.07) is 4.39. The van der Waals surface area contributed by atoms with Crippen LogP contribution in [0.5, 0.6) is 11.5 Å². The number of ether oxygens (including phenoxy) is 4. The number of fused-ring (bicyclic) bond motifs is 1. The average molecular weight is 442 g/mol. The summed E-state index contributed by atoms with van der Waals surface area (Å²) < 4.78 is 48.4. The quantitative estimate of drug-likeness (QED) is 0.451. The van der Waals surface area contributed by atoms with E-state index in [1.165, 1.54) is 19.1 Å². The van der Waals surface area contributed by atoms with Crippen LogP contribution in [-0.4, -0.2) is 77.4 Å². The van der Waals surface area contributed by atoms with Gasteiger partial charge in [-0.25, -0.2) is 13.1 Å². The van der Waals surface area contributed by atoms with E-state index in [4.69, 9.17) is 18.9 Å². The van der Waals surface area contributed by atoms with Gasteiger partial charge < -0.3 is 23.8 Å². The Bertz CT molecular complexity index is 867. The number of benzene rings is 1. The molecule has 1 aromatic rings. The molecule has 0 aliphatic carbocycles. The first-order valence-electron chi connectivity index (χ1n) is 9.82. The smallest absolute Gasteiger partial charge is 0.306 e. The van der Waals surface area contributed by atoms with E-state index in [1.54, 1.807) is 11.0 Å². The van der Waals surface area contributed by atoms with E-state index in [0.29, 0.717) is 51.0 Å². The number of sulfonamides is 1. The van der Waals surface area contributed by atoms with Crippen molar-refractivity contribution in [1.82, 2.24) is 9.62 Å². The highest BCUT2D eigenvalue weighted by atomic mass is 32.2. The molecule has 2 heterocycles. The lowest BCUT2D eigenvalue weighted by atomic mass is 10.3. The molecule has 30 heavy (non-hydrogen) atoms. The molecule has 1 saturated heterocycles. The first-order valence-corrected chi connectivity index (χ1v) is 11.3. The van der Waals surface area contributed by atoms with Crippen LogP contribution in [0.4, 0.5) is 0 Å². The van der Waals surface area contributed by atoms with Gasteiger partial charge in [-0.15, -0.1) is 0 Å². The average Bonchev–Trinajstić information content (AvgIpc) is 2.76. The van der Waals surface area contributed by atoms with Gasteiger partial charge in [0.05, 0.1) is 18.1 Å². The maximum Gasteiger partial charge on any atom is 0.306 e. The van der Waals surface area contributed by atoms with Crippen molar-refractivity contribution in [3.05, 3.63) is 18.2 Å². The molecule has 1 aromatic carbocycles. The zero-order chi connectivity index (χ0) is 21.6. The van der Waals surface area contributed by atoms with E-state index >= 15 is 0 Å². The topological polar surface area (TPSA) is 120 Å². The van der Waals surface area contributed by atoms with Crippen LogP contribution in [0.15, 0.2) is 23.1 Å². The van der Waals surface area contributed by atoms with Gasteiger partial charge in [0.1, 0.15) is 13.2 Å². The number of nitrogens with one attached hydrogen (secondary N) is 1. The van der Waals surface area contributed by atoms with Crippen LogP contribution in [0.3, 0.4) is 0 Å². The first kappa shape index (κ1) is 22.3. The van der Waals surface area contributed by atoms with Gasteiger partial charge >= 0.3 is 5.97 Å². The molecule has 1 atom stereocenters. The molecule has 1 fully saturated rings. The second-order valence-electron chi connectivity index (χ2n) is 6.88. The van der Waals surface area contributed by atoms with E-state index in [-0.39, 0.29) is 30.2 Å². The molecule has 0 aromatic heterocycles. The number of rotatable bonds is 8. The molecule has 2 aliphatic rings. The summed E-state index contributed by atoms with van der Waals surface area (Å²) in [5.74, 6) is 0.0731. The third-order valence-corrected chi connectivity index (χ3v) is 6.11. The molecular weight excluding hydrogens is 416 g/mol. The number of amides is 1. The van der Waals surface area contributed by atoms with Gasteiger partial charge in [0, 0.05) is 32.1 Å². The Morgan fingerprint density at radius 3 is 2.57 bits per heavy atom. The molecule has 166 valence electrons. The Morgan fingerprint density at radius 2 is 1.83 bits per heavy atom. The van der Waals surface area contributed by atoms with Crippen LogP contribution in [0.2, 0.25) is 0 Å². The first-order chi connectivity index (χ1) is 14.4. The highest BCUT2D eigenvalue weighted by Crippen LogP contribution is 2.32. The van der Waals surface area contributed by atoms with Gasteiger partial charge in [-0.05, 0) is 25.5 Å². The molecule has 3 rings (SSSR count). The Labute approximate surface area is 175 Å². The number of carbonyl (C=O) groups is 2. The highest BCUT2D eigenvalue weighted by Gasteiger charge is 2.25. The highest BCUT2D eigenvalue weighted by molar-refractivity contribution is 7.89. The van der Waals surface area contributed by atoms with E-state index in [1.807, 2.05) is 0 Å². The molecule has 0 saturated carbocycles. The summed E-state index contributed by atoms with van der Waals surface area (Å²) in [5, 5.41) is 0. The minimum absolute atomic E-state index is 0.00953. The lowest BCUT2D eigenvalue weighted by Gasteiger charge is -2.28.